The summed E-state index contributed by atoms with van der Waals surface area (Å²) in [7, 11) is 1.71. The zero-order valence-corrected chi connectivity index (χ0v) is 16.1. The van der Waals surface area contributed by atoms with Gasteiger partial charge in [0.2, 0.25) is 5.91 Å². The van der Waals surface area contributed by atoms with Crippen LogP contribution in [0, 0.1) is 0 Å². The van der Waals surface area contributed by atoms with Crippen LogP contribution in [-0.2, 0) is 18.4 Å². The van der Waals surface area contributed by atoms with Crippen LogP contribution in [0.5, 0.6) is 0 Å². The van der Waals surface area contributed by atoms with E-state index in [1.54, 1.807) is 24.5 Å². The molecule has 0 atom stereocenters. The van der Waals surface area contributed by atoms with E-state index in [0.29, 0.717) is 16.7 Å². The number of fused-ring (bicyclic) bond motifs is 2. The highest BCUT2D eigenvalue weighted by Crippen LogP contribution is 2.25. The Kier molecular flexibility index (Phi) is 3.98. The second kappa shape index (κ2) is 6.67. The van der Waals surface area contributed by atoms with E-state index in [1.807, 2.05) is 29.6 Å². The Bertz CT molecular complexity index is 1410. The van der Waals surface area contributed by atoms with E-state index in [2.05, 4.69) is 25.4 Å². The number of aromatic nitrogens is 6. The van der Waals surface area contributed by atoms with Gasteiger partial charge in [-0.05, 0) is 29.6 Å². The van der Waals surface area contributed by atoms with Crippen LogP contribution in [-0.4, -0.2) is 35.2 Å². The lowest BCUT2D eigenvalue weighted by Gasteiger charge is -2.07. The fraction of sp³-hybridized carbons (Fsp3) is 0.105. The van der Waals surface area contributed by atoms with Crippen LogP contribution >= 0.6 is 11.3 Å². The van der Waals surface area contributed by atoms with E-state index < -0.39 is 0 Å². The fourth-order valence-electron chi connectivity index (χ4n) is 3.15. The minimum absolute atomic E-state index is 0.141. The minimum atomic E-state index is -0.325. The normalized spacial score (nSPS) is 11.3. The Hall–Kier alpha value is -3.79. The minimum Gasteiger partial charge on any atom is -0.337 e. The molecular formula is C19H15N7O2S. The highest BCUT2D eigenvalue weighted by atomic mass is 32.1. The van der Waals surface area contributed by atoms with Crippen LogP contribution < -0.4 is 10.9 Å². The van der Waals surface area contributed by atoms with E-state index in [4.69, 9.17) is 0 Å². The summed E-state index contributed by atoms with van der Waals surface area (Å²) in [4.78, 5) is 38.0. The van der Waals surface area contributed by atoms with Crippen molar-refractivity contribution < 1.29 is 4.79 Å². The summed E-state index contributed by atoms with van der Waals surface area (Å²) >= 11 is 1.60. The van der Waals surface area contributed by atoms with Gasteiger partial charge in [-0.25, -0.2) is 9.97 Å². The molecule has 1 aromatic carbocycles. The van der Waals surface area contributed by atoms with Gasteiger partial charge in [-0.15, -0.1) is 11.3 Å². The lowest BCUT2D eigenvalue weighted by molar-refractivity contribution is -0.116. The first-order chi connectivity index (χ1) is 14.1. The largest absolute Gasteiger partial charge is 0.337 e. The van der Waals surface area contributed by atoms with Gasteiger partial charge in [0.15, 0.2) is 5.65 Å². The predicted molar refractivity (Wildman–Crippen MR) is 111 cm³/mol. The summed E-state index contributed by atoms with van der Waals surface area (Å²) in [6.45, 7) is -0.141. The molecule has 5 rings (SSSR count). The number of benzene rings is 1. The number of hydrogen-bond acceptors (Lipinski definition) is 6. The molecule has 9 nitrogen and oxygen atoms in total. The molecule has 0 aliphatic carbocycles. The van der Waals surface area contributed by atoms with Gasteiger partial charge >= 0.3 is 0 Å². The zero-order chi connectivity index (χ0) is 20.0. The monoisotopic (exact) mass is 405 g/mol. The van der Waals surface area contributed by atoms with Crippen LogP contribution in [0.2, 0.25) is 0 Å². The summed E-state index contributed by atoms with van der Waals surface area (Å²) in [6, 6.07) is 9.41. The molecule has 2 N–H and O–H groups in total. The number of aryl methyl sites for hydroxylation is 1. The van der Waals surface area contributed by atoms with Crippen molar-refractivity contribution in [1.29, 1.82) is 0 Å². The summed E-state index contributed by atoms with van der Waals surface area (Å²) in [5.74, 6) is 0.468. The molecule has 1 amide bonds. The number of rotatable bonds is 4. The number of thiophene rings is 1. The topological polar surface area (TPSA) is 110 Å². The van der Waals surface area contributed by atoms with E-state index in [9.17, 15) is 9.59 Å². The van der Waals surface area contributed by atoms with Crippen LogP contribution in [0.1, 0.15) is 0 Å². The van der Waals surface area contributed by atoms with Gasteiger partial charge in [0.1, 0.15) is 24.1 Å². The van der Waals surface area contributed by atoms with Crippen molar-refractivity contribution in [2.75, 3.05) is 5.32 Å². The third-order valence-corrected chi connectivity index (χ3v) is 5.43. The number of amides is 1. The van der Waals surface area contributed by atoms with Gasteiger partial charge < -0.3 is 10.3 Å². The smallest absolute Gasteiger partial charge is 0.264 e. The van der Waals surface area contributed by atoms with Crippen LogP contribution in [0.15, 0.2) is 53.0 Å². The van der Waals surface area contributed by atoms with Crippen molar-refractivity contribution in [3.8, 4) is 10.7 Å². The van der Waals surface area contributed by atoms with Crippen LogP contribution in [0.25, 0.3) is 32.8 Å². The predicted octanol–water partition coefficient (Wildman–Crippen LogP) is 2.37. The van der Waals surface area contributed by atoms with Crippen molar-refractivity contribution in [3.63, 3.8) is 0 Å². The summed E-state index contributed by atoms with van der Waals surface area (Å²) in [6.07, 6.45) is 2.81. The van der Waals surface area contributed by atoms with Gasteiger partial charge in [0.05, 0.1) is 22.1 Å². The van der Waals surface area contributed by atoms with Gasteiger partial charge in [0, 0.05) is 12.7 Å². The van der Waals surface area contributed by atoms with Crippen LogP contribution in [0.3, 0.4) is 0 Å². The molecule has 0 unspecified atom stereocenters. The van der Waals surface area contributed by atoms with Crippen molar-refractivity contribution >= 4 is 45.0 Å². The molecular weight excluding hydrogens is 390 g/mol. The van der Waals surface area contributed by atoms with Crippen molar-refractivity contribution in [1.82, 2.24) is 29.3 Å². The van der Waals surface area contributed by atoms with Gasteiger partial charge in [-0.3, -0.25) is 18.8 Å². The fourth-order valence-corrected chi connectivity index (χ4v) is 3.82. The summed E-state index contributed by atoms with van der Waals surface area (Å²) in [5.41, 5.74) is 2.43. The quantitative estimate of drug-likeness (QED) is 0.477. The average Bonchev–Trinajstić information content (AvgIpc) is 3.43. The molecule has 29 heavy (non-hydrogen) atoms. The van der Waals surface area contributed by atoms with Crippen molar-refractivity contribution in [2.24, 2.45) is 7.05 Å². The second-order valence-corrected chi connectivity index (χ2v) is 7.47. The number of imidazole rings is 1. The molecule has 0 saturated carbocycles. The molecule has 4 heterocycles. The number of H-pyrrole nitrogens is 1. The lowest BCUT2D eigenvalue weighted by Crippen LogP contribution is -2.27. The number of nitrogens with one attached hydrogen (secondary N) is 2. The SMILES string of the molecule is Cn1ncc2c(=O)n(CC(=O)Nc3ccc4nc(-c5cccs5)[nH]c4c3)cnc21. The van der Waals surface area contributed by atoms with E-state index in [0.717, 1.165) is 21.7 Å². The Morgan fingerprint density at radius 3 is 3.03 bits per heavy atom. The number of aromatic amines is 1. The second-order valence-electron chi connectivity index (χ2n) is 6.53. The Labute approximate surface area is 167 Å². The van der Waals surface area contributed by atoms with E-state index >= 15 is 0 Å². The third kappa shape index (κ3) is 3.09. The summed E-state index contributed by atoms with van der Waals surface area (Å²) in [5, 5.41) is 9.21. The maximum Gasteiger partial charge on any atom is 0.264 e. The average molecular weight is 405 g/mol. The number of hydrogen-bond donors (Lipinski definition) is 2. The highest BCUT2D eigenvalue weighted by molar-refractivity contribution is 7.13. The molecule has 0 saturated heterocycles. The molecule has 0 radical (unpaired) electrons. The summed E-state index contributed by atoms with van der Waals surface area (Å²) < 4.78 is 2.79. The van der Waals surface area contributed by atoms with Gasteiger partial charge in [0.25, 0.3) is 5.56 Å². The molecule has 4 aromatic heterocycles. The maximum atomic E-state index is 12.5. The molecule has 10 heteroatoms. The first-order valence-corrected chi connectivity index (χ1v) is 9.67. The van der Waals surface area contributed by atoms with E-state index in [-0.39, 0.29) is 18.0 Å². The number of carbonyl (C=O) groups is 1. The lowest BCUT2D eigenvalue weighted by atomic mass is 10.2. The zero-order valence-electron chi connectivity index (χ0n) is 15.3. The molecule has 0 aliphatic rings. The molecule has 144 valence electrons. The molecule has 0 bridgehead atoms. The maximum absolute atomic E-state index is 12.5. The van der Waals surface area contributed by atoms with Crippen molar-refractivity contribution in [2.45, 2.75) is 6.54 Å². The van der Waals surface area contributed by atoms with Gasteiger partial charge in [-0.1, -0.05) is 6.07 Å². The number of anilines is 1. The Morgan fingerprint density at radius 2 is 2.21 bits per heavy atom. The molecule has 0 fully saturated rings. The highest BCUT2D eigenvalue weighted by Gasteiger charge is 2.12. The van der Waals surface area contributed by atoms with Gasteiger partial charge in [-0.2, -0.15) is 5.10 Å². The first-order valence-electron chi connectivity index (χ1n) is 8.79. The van der Waals surface area contributed by atoms with Crippen molar-refractivity contribution in [3.05, 3.63) is 58.6 Å². The van der Waals surface area contributed by atoms with Crippen LogP contribution in [0.4, 0.5) is 5.69 Å². The Balaban J connectivity index is 1.37. The number of carbonyl (C=O) groups excluding carboxylic acids is 1. The number of nitrogens with zero attached hydrogens (tertiary/aromatic N) is 5. The molecule has 0 spiro atoms. The van der Waals surface area contributed by atoms with E-state index in [1.165, 1.54) is 21.8 Å². The molecule has 5 aromatic rings. The third-order valence-electron chi connectivity index (χ3n) is 4.55. The molecule has 0 aliphatic heterocycles. The standard InChI is InChI=1S/C19H15N7O2S/c1-25-18-12(8-21-25)19(28)26(10-20-18)9-16(27)22-11-4-5-13-14(7-11)24-17(23-13)15-3-2-6-29-15/h2-8,10H,9H2,1H3,(H,22,27)(H,23,24). The Morgan fingerprint density at radius 1 is 1.31 bits per heavy atom. The first kappa shape index (κ1) is 17.3.